The van der Waals surface area contributed by atoms with Crippen LogP contribution in [-0.2, 0) is 0 Å². The number of nitrogens with one attached hydrogen (secondary N) is 1. The Hall–Kier alpha value is -2.54. The number of hydrogen-bond donors (Lipinski definition) is 2. The van der Waals surface area contributed by atoms with Crippen LogP contribution in [0, 0.1) is 0 Å². The van der Waals surface area contributed by atoms with Crippen molar-refractivity contribution in [3.8, 4) is 0 Å². The number of aliphatic imine (C=N–C) groups is 1. The molecular formula is C17H25N7. The smallest absolute Gasteiger partial charge is 0.144 e. The summed E-state index contributed by atoms with van der Waals surface area (Å²) in [5, 5.41) is 9.64. The zero-order valence-corrected chi connectivity index (χ0v) is 14.3. The molecule has 128 valence electrons. The van der Waals surface area contributed by atoms with Crippen molar-refractivity contribution in [2.75, 3.05) is 50.5 Å². The lowest BCUT2D eigenvalue weighted by atomic mass is 10.2. The fourth-order valence-electron chi connectivity index (χ4n) is 2.91. The topological polar surface area (TPSA) is 72.5 Å². The van der Waals surface area contributed by atoms with E-state index in [1.165, 1.54) is 12.0 Å². The van der Waals surface area contributed by atoms with Gasteiger partial charge in [0.15, 0.2) is 0 Å². The SMILES string of the molecule is CN1CCN(c2ccc(NC3/C(=C\N=CN)C=NN3C)cc2)CC1. The molecule has 1 saturated heterocycles. The summed E-state index contributed by atoms with van der Waals surface area (Å²) in [5.74, 6) is 0. The molecule has 0 amide bonds. The van der Waals surface area contributed by atoms with Crippen LogP contribution in [0.2, 0.25) is 0 Å². The van der Waals surface area contributed by atoms with Gasteiger partial charge in [-0.1, -0.05) is 0 Å². The number of nitrogens with two attached hydrogens (primary N) is 1. The van der Waals surface area contributed by atoms with Gasteiger partial charge in [0.1, 0.15) is 6.17 Å². The Balaban J connectivity index is 1.65. The van der Waals surface area contributed by atoms with E-state index in [4.69, 9.17) is 5.73 Å². The maximum Gasteiger partial charge on any atom is 0.144 e. The highest BCUT2D eigenvalue weighted by molar-refractivity contribution is 5.83. The second-order valence-corrected chi connectivity index (χ2v) is 6.13. The first-order valence-electron chi connectivity index (χ1n) is 8.18. The lowest BCUT2D eigenvalue weighted by Gasteiger charge is -2.34. The van der Waals surface area contributed by atoms with E-state index in [0.29, 0.717) is 0 Å². The fraction of sp³-hybridized carbons (Fsp3) is 0.412. The van der Waals surface area contributed by atoms with Crippen molar-refractivity contribution in [1.82, 2.24) is 9.91 Å². The summed E-state index contributed by atoms with van der Waals surface area (Å²) < 4.78 is 0. The minimum atomic E-state index is -0.0387. The van der Waals surface area contributed by atoms with Gasteiger partial charge in [-0.15, -0.1) is 0 Å². The molecule has 7 nitrogen and oxygen atoms in total. The molecular weight excluding hydrogens is 302 g/mol. The van der Waals surface area contributed by atoms with E-state index in [1.54, 1.807) is 12.4 Å². The molecule has 7 heteroatoms. The first kappa shape index (κ1) is 16.3. The molecule has 3 rings (SSSR count). The Morgan fingerprint density at radius 2 is 1.88 bits per heavy atom. The lowest BCUT2D eigenvalue weighted by Crippen LogP contribution is -2.44. The third-order valence-corrected chi connectivity index (χ3v) is 4.43. The normalized spacial score (nSPS) is 23.6. The highest BCUT2D eigenvalue weighted by Gasteiger charge is 2.22. The van der Waals surface area contributed by atoms with Crippen molar-refractivity contribution in [3.05, 3.63) is 36.0 Å². The van der Waals surface area contributed by atoms with Gasteiger partial charge in [-0.3, -0.25) is 5.01 Å². The average Bonchev–Trinajstić information content (AvgIpc) is 2.95. The maximum atomic E-state index is 5.31. The van der Waals surface area contributed by atoms with Gasteiger partial charge in [0.05, 0.1) is 12.6 Å². The second-order valence-electron chi connectivity index (χ2n) is 6.13. The van der Waals surface area contributed by atoms with Gasteiger partial charge < -0.3 is 20.9 Å². The van der Waals surface area contributed by atoms with Crippen LogP contribution in [-0.4, -0.2) is 68.9 Å². The van der Waals surface area contributed by atoms with Crippen molar-refractivity contribution in [2.45, 2.75) is 6.17 Å². The minimum absolute atomic E-state index is 0.0387. The molecule has 1 atom stereocenters. The second kappa shape index (κ2) is 7.35. The largest absolute Gasteiger partial charge is 0.390 e. The molecule has 24 heavy (non-hydrogen) atoms. The quantitative estimate of drug-likeness (QED) is 0.637. The summed E-state index contributed by atoms with van der Waals surface area (Å²) in [6.45, 7) is 4.37. The molecule has 0 aromatic heterocycles. The number of rotatable bonds is 4. The Labute approximate surface area is 143 Å². The monoisotopic (exact) mass is 327 g/mol. The van der Waals surface area contributed by atoms with Gasteiger partial charge in [0, 0.05) is 56.4 Å². The van der Waals surface area contributed by atoms with Crippen LogP contribution in [0.25, 0.3) is 0 Å². The van der Waals surface area contributed by atoms with E-state index < -0.39 is 0 Å². The molecule has 2 aliphatic rings. The van der Waals surface area contributed by atoms with E-state index >= 15 is 0 Å². The number of hydrazone groups is 1. The van der Waals surface area contributed by atoms with Crippen LogP contribution < -0.4 is 16.0 Å². The first-order valence-corrected chi connectivity index (χ1v) is 8.18. The van der Waals surface area contributed by atoms with Crippen molar-refractivity contribution < 1.29 is 0 Å². The van der Waals surface area contributed by atoms with E-state index in [1.807, 2.05) is 12.1 Å². The molecule has 0 radical (unpaired) electrons. The number of benzene rings is 1. The van der Waals surface area contributed by atoms with Gasteiger partial charge in [0.25, 0.3) is 0 Å². The maximum absolute atomic E-state index is 5.31. The van der Waals surface area contributed by atoms with Crippen LogP contribution in [0.3, 0.4) is 0 Å². The third kappa shape index (κ3) is 3.68. The molecule has 1 aromatic carbocycles. The van der Waals surface area contributed by atoms with Crippen LogP contribution in [0.1, 0.15) is 0 Å². The van der Waals surface area contributed by atoms with E-state index in [9.17, 15) is 0 Å². The average molecular weight is 327 g/mol. The summed E-state index contributed by atoms with van der Waals surface area (Å²) in [6.07, 6.45) is 4.76. The van der Waals surface area contributed by atoms with Gasteiger partial charge >= 0.3 is 0 Å². The molecule has 0 saturated carbocycles. The molecule has 0 aliphatic carbocycles. The number of piperazine rings is 1. The fourth-order valence-corrected chi connectivity index (χ4v) is 2.91. The zero-order valence-electron chi connectivity index (χ0n) is 14.3. The Morgan fingerprint density at radius 1 is 1.17 bits per heavy atom. The Bertz CT molecular complexity index is 627. The van der Waals surface area contributed by atoms with E-state index in [0.717, 1.165) is 37.4 Å². The van der Waals surface area contributed by atoms with Gasteiger partial charge in [-0.2, -0.15) is 5.10 Å². The van der Waals surface area contributed by atoms with Crippen molar-refractivity contribution >= 4 is 23.9 Å². The summed E-state index contributed by atoms with van der Waals surface area (Å²) >= 11 is 0. The number of hydrogen-bond acceptors (Lipinski definition) is 6. The molecule has 3 N–H and O–H groups in total. The molecule has 0 spiro atoms. The number of nitrogens with zero attached hydrogens (tertiary/aromatic N) is 5. The van der Waals surface area contributed by atoms with Crippen molar-refractivity contribution in [2.24, 2.45) is 15.8 Å². The summed E-state index contributed by atoms with van der Waals surface area (Å²) in [7, 11) is 4.10. The zero-order chi connectivity index (χ0) is 16.9. The van der Waals surface area contributed by atoms with Crippen LogP contribution in [0.15, 0.2) is 46.1 Å². The standard InChI is InChI=1S/C17H25N7/c1-22-7-9-24(10-8-22)16-5-3-15(4-6-16)21-17-14(11-19-13-18)12-20-23(17)2/h3-6,11-13,17,21H,7-10H2,1-2H3,(H2,18,19)/b14-11-. The third-order valence-electron chi connectivity index (χ3n) is 4.43. The highest BCUT2D eigenvalue weighted by Crippen LogP contribution is 2.22. The molecule has 1 aromatic rings. The Morgan fingerprint density at radius 3 is 2.54 bits per heavy atom. The van der Waals surface area contributed by atoms with Crippen LogP contribution >= 0.6 is 0 Å². The number of anilines is 2. The molecule has 1 fully saturated rings. The summed E-state index contributed by atoms with van der Waals surface area (Å²) in [4.78, 5) is 8.77. The molecule has 0 bridgehead atoms. The first-order chi connectivity index (χ1) is 11.7. The molecule has 2 aliphatic heterocycles. The van der Waals surface area contributed by atoms with Crippen molar-refractivity contribution in [3.63, 3.8) is 0 Å². The number of likely N-dealkylation sites (N-methyl/N-ethyl adjacent to an activating group) is 2. The molecule has 1 unspecified atom stereocenters. The van der Waals surface area contributed by atoms with Gasteiger partial charge in [-0.05, 0) is 31.3 Å². The van der Waals surface area contributed by atoms with Gasteiger partial charge in [-0.25, -0.2) is 4.99 Å². The van der Waals surface area contributed by atoms with Gasteiger partial charge in [0.2, 0.25) is 0 Å². The Kier molecular flexibility index (Phi) is 5.00. The van der Waals surface area contributed by atoms with E-state index in [2.05, 4.69) is 56.5 Å². The lowest BCUT2D eigenvalue weighted by molar-refractivity contribution is 0.313. The highest BCUT2D eigenvalue weighted by atomic mass is 15.5. The van der Waals surface area contributed by atoms with Crippen LogP contribution in [0.5, 0.6) is 0 Å². The predicted molar refractivity (Wildman–Crippen MR) is 101 cm³/mol. The summed E-state index contributed by atoms with van der Waals surface area (Å²) in [6, 6.07) is 8.57. The molecule has 2 heterocycles. The van der Waals surface area contributed by atoms with E-state index in [-0.39, 0.29) is 6.17 Å². The predicted octanol–water partition coefficient (Wildman–Crippen LogP) is 0.979. The van der Waals surface area contributed by atoms with Crippen molar-refractivity contribution in [1.29, 1.82) is 0 Å². The summed E-state index contributed by atoms with van der Waals surface area (Å²) in [5.41, 5.74) is 8.61. The minimum Gasteiger partial charge on any atom is -0.390 e. The van der Waals surface area contributed by atoms with Crippen LogP contribution in [0.4, 0.5) is 11.4 Å².